The first-order chi connectivity index (χ1) is 9.60. The van der Waals surface area contributed by atoms with Crippen LogP contribution in [0.3, 0.4) is 0 Å². The van der Waals surface area contributed by atoms with Gasteiger partial charge in [-0.25, -0.2) is 0 Å². The quantitative estimate of drug-likeness (QED) is 0.853. The van der Waals surface area contributed by atoms with E-state index < -0.39 is 0 Å². The second-order valence-corrected chi connectivity index (χ2v) is 7.87. The molecule has 108 valence electrons. The lowest BCUT2D eigenvalue weighted by atomic mass is 10.3. The fourth-order valence-corrected chi connectivity index (χ4v) is 4.40. The minimum Gasteiger partial charge on any atom is -0.395 e. The molecular formula is C15H19NO2S2. The highest BCUT2D eigenvalue weighted by molar-refractivity contribution is 8.00. The summed E-state index contributed by atoms with van der Waals surface area (Å²) in [5, 5.41) is 9.68. The van der Waals surface area contributed by atoms with Crippen molar-refractivity contribution in [1.82, 2.24) is 4.90 Å². The maximum Gasteiger partial charge on any atom is 0.264 e. The van der Waals surface area contributed by atoms with Gasteiger partial charge in [-0.1, -0.05) is 25.7 Å². The Morgan fingerprint density at radius 1 is 1.40 bits per heavy atom. The van der Waals surface area contributed by atoms with Gasteiger partial charge in [-0.3, -0.25) is 4.79 Å². The van der Waals surface area contributed by atoms with Crippen molar-refractivity contribution in [2.75, 3.05) is 19.7 Å². The largest absolute Gasteiger partial charge is 0.395 e. The van der Waals surface area contributed by atoms with Gasteiger partial charge in [0, 0.05) is 30.0 Å². The van der Waals surface area contributed by atoms with E-state index in [0.717, 1.165) is 22.8 Å². The molecule has 1 amide bonds. The molecule has 1 aliphatic heterocycles. The third kappa shape index (κ3) is 4.02. The van der Waals surface area contributed by atoms with E-state index in [2.05, 4.69) is 25.7 Å². The molecular weight excluding hydrogens is 290 g/mol. The second-order valence-electron chi connectivity index (χ2n) is 4.91. The number of hydrogen-bond acceptors (Lipinski definition) is 4. The lowest BCUT2D eigenvalue weighted by molar-refractivity contribution is 0.0758. The van der Waals surface area contributed by atoms with E-state index in [4.69, 9.17) is 5.11 Å². The number of aliphatic hydroxyl groups is 1. The van der Waals surface area contributed by atoms with Gasteiger partial charge >= 0.3 is 0 Å². The van der Waals surface area contributed by atoms with Crippen molar-refractivity contribution in [2.24, 2.45) is 0 Å². The molecule has 5 heteroatoms. The number of carbonyl (C=O) groups is 1. The monoisotopic (exact) mass is 309 g/mol. The molecule has 0 spiro atoms. The zero-order chi connectivity index (χ0) is 14.5. The molecule has 1 aromatic heterocycles. The Kier molecular flexibility index (Phi) is 5.53. The zero-order valence-electron chi connectivity index (χ0n) is 11.8. The minimum absolute atomic E-state index is 0.0748. The van der Waals surface area contributed by atoms with Crippen molar-refractivity contribution in [1.29, 1.82) is 0 Å². The molecule has 0 saturated carbocycles. The van der Waals surface area contributed by atoms with Gasteiger partial charge < -0.3 is 10.0 Å². The Labute approximate surface area is 128 Å². The summed E-state index contributed by atoms with van der Waals surface area (Å²) in [4.78, 5) is 16.1. The summed E-state index contributed by atoms with van der Waals surface area (Å²) in [6.45, 7) is 6.04. The van der Waals surface area contributed by atoms with Crippen molar-refractivity contribution < 1.29 is 9.90 Å². The summed E-state index contributed by atoms with van der Waals surface area (Å²) in [7, 11) is 0. The van der Waals surface area contributed by atoms with Crippen molar-refractivity contribution in [3.63, 3.8) is 0 Å². The molecule has 1 aromatic rings. The number of thiophene rings is 1. The highest BCUT2D eigenvalue weighted by Crippen LogP contribution is 2.27. The molecule has 0 bridgehead atoms. The topological polar surface area (TPSA) is 40.5 Å². The summed E-state index contributed by atoms with van der Waals surface area (Å²) in [5.74, 6) is 5.97. The van der Waals surface area contributed by atoms with Crippen LogP contribution in [0, 0.1) is 11.8 Å². The van der Waals surface area contributed by atoms with Crippen LogP contribution >= 0.6 is 23.1 Å². The van der Waals surface area contributed by atoms with E-state index in [1.54, 1.807) is 0 Å². The van der Waals surface area contributed by atoms with Crippen molar-refractivity contribution >= 4 is 29.0 Å². The number of carbonyl (C=O) groups excluding carboxylic acids is 1. The molecule has 2 heterocycles. The Bertz CT molecular complexity index is 519. The summed E-state index contributed by atoms with van der Waals surface area (Å²) in [6.07, 6.45) is 0.472. The molecule has 0 radical (unpaired) electrons. The van der Waals surface area contributed by atoms with Crippen LogP contribution in [0.5, 0.6) is 0 Å². The number of hydrogen-bond donors (Lipinski definition) is 1. The first-order valence-electron chi connectivity index (χ1n) is 6.74. The Hall–Kier alpha value is -0.960. The van der Waals surface area contributed by atoms with E-state index in [-0.39, 0.29) is 12.5 Å². The molecule has 1 saturated heterocycles. The minimum atomic E-state index is 0.0748. The smallest absolute Gasteiger partial charge is 0.264 e. The summed E-state index contributed by atoms with van der Waals surface area (Å²) >= 11 is 3.37. The molecule has 0 aromatic carbocycles. The number of nitrogens with zero attached hydrogens (tertiary/aromatic N) is 1. The van der Waals surface area contributed by atoms with Crippen molar-refractivity contribution in [3.05, 3.63) is 21.9 Å². The van der Waals surface area contributed by atoms with Gasteiger partial charge in [-0.05, 0) is 12.1 Å². The van der Waals surface area contributed by atoms with Gasteiger partial charge in [0.05, 0.1) is 16.4 Å². The Morgan fingerprint density at radius 3 is 2.75 bits per heavy atom. The standard InChI is InChI=1S/C15H19NO2S2/c1-11-9-16(10-12(2)19-11)15(18)14-7-6-13(20-14)5-3-4-8-17/h6-7,11-12,17H,4,8-10H2,1-2H3. The average Bonchev–Trinajstić information content (AvgIpc) is 2.86. The van der Waals surface area contributed by atoms with E-state index in [1.165, 1.54) is 11.3 Å². The molecule has 1 N–H and O–H groups in total. The van der Waals surface area contributed by atoms with Crippen LogP contribution in [-0.4, -0.2) is 46.1 Å². The molecule has 3 nitrogen and oxygen atoms in total. The average molecular weight is 309 g/mol. The second kappa shape index (κ2) is 7.16. The molecule has 20 heavy (non-hydrogen) atoms. The maximum absolute atomic E-state index is 12.5. The number of rotatable bonds is 2. The number of thioether (sulfide) groups is 1. The molecule has 1 fully saturated rings. The summed E-state index contributed by atoms with van der Waals surface area (Å²) in [6, 6.07) is 3.74. The molecule has 0 aliphatic carbocycles. The van der Waals surface area contributed by atoms with E-state index in [0.29, 0.717) is 16.9 Å². The highest BCUT2D eigenvalue weighted by Gasteiger charge is 2.27. The van der Waals surface area contributed by atoms with Crippen LogP contribution < -0.4 is 0 Å². The van der Waals surface area contributed by atoms with Crippen LogP contribution in [0.2, 0.25) is 0 Å². The normalized spacial score (nSPS) is 22.2. The number of amides is 1. The van der Waals surface area contributed by atoms with Gasteiger partial charge in [-0.2, -0.15) is 11.8 Å². The van der Waals surface area contributed by atoms with Crippen molar-refractivity contribution in [2.45, 2.75) is 30.8 Å². The van der Waals surface area contributed by atoms with Crippen molar-refractivity contribution in [3.8, 4) is 11.8 Å². The van der Waals surface area contributed by atoms with Crippen LogP contribution in [0.25, 0.3) is 0 Å². The predicted octanol–water partition coefficient (Wildman–Crippen LogP) is 2.45. The van der Waals surface area contributed by atoms with Crippen LogP contribution in [0.1, 0.15) is 34.8 Å². The van der Waals surface area contributed by atoms with E-state index >= 15 is 0 Å². The first kappa shape index (κ1) is 15.4. The zero-order valence-corrected chi connectivity index (χ0v) is 13.4. The van der Waals surface area contributed by atoms with Gasteiger partial charge in [0.2, 0.25) is 0 Å². The lowest BCUT2D eigenvalue weighted by Crippen LogP contribution is -2.43. The van der Waals surface area contributed by atoms with Gasteiger partial charge in [0.25, 0.3) is 5.91 Å². The molecule has 1 aliphatic rings. The first-order valence-corrected chi connectivity index (χ1v) is 8.50. The third-order valence-electron chi connectivity index (χ3n) is 2.97. The van der Waals surface area contributed by atoms with Crippen LogP contribution in [0.15, 0.2) is 12.1 Å². The van der Waals surface area contributed by atoms with Gasteiger partial charge in [0.15, 0.2) is 0 Å². The Balaban J connectivity index is 2.04. The van der Waals surface area contributed by atoms with Gasteiger partial charge in [-0.15, -0.1) is 11.3 Å². The summed E-state index contributed by atoms with van der Waals surface area (Å²) in [5.41, 5.74) is 0. The third-order valence-corrected chi connectivity index (χ3v) is 5.19. The SMILES string of the molecule is CC1CN(C(=O)c2ccc(C#CCCO)s2)CC(C)S1. The number of aliphatic hydroxyl groups excluding tert-OH is 1. The summed E-state index contributed by atoms with van der Waals surface area (Å²) < 4.78 is 0. The molecule has 2 rings (SSSR count). The van der Waals surface area contributed by atoms with Crippen LogP contribution in [0.4, 0.5) is 0 Å². The fourth-order valence-electron chi connectivity index (χ4n) is 2.23. The molecule has 2 atom stereocenters. The van der Waals surface area contributed by atoms with Gasteiger partial charge in [0.1, 0.15) is 0 Å². The fraction of sp³-hybridized carbons (Fsp3) is 0.533. The highest BCUT2D eigenvalue weighted by atomic mass is 32.2. The maximum atomic E-state index is 12.5. The van der Waals surface area contributed by atoms with E-state index in [1.807, 2.05) is 28.8 Å². The Morgan fingerprint density at radius 2 is 2.10 bits per heavy atom. The predicted molar refractivity (Wildman–Crippen MR) is 85.3 cm³/mol. The lowest BCUT2D eigenvalue weighted by Gasteiger charge is -2.34. The van der Waals surface area contributed by atoms with Crippen LogP contribution in [-0.2, 0) is 0 Å². The van der Waals surface area contributed by atoms with E-state index in [9.17, 15) is 4.79 Å². The molecule has 2 unspecified atom stereocenters.